The Morgan fingerprint density at radius 2 is 1.70 bits per heavy atom. The molecule has 0 unspecified atom stereocenters. The van der Waals surface area contributed by atoms with Crippen LogP contribution in [0.2, 0.25) is 0 Å². The van der Waals surface area contributed by atoms with E-state index in [1.807, 2.05) is 12.1 Å². The van der Waals surface area contributed by atoms with Gasteiger partial charge in [0, 0.05) is 17.7 Å². The smallest absolute Gasteiger partial charge is 0.363 e. The second-order valence-corrected chi connectivity index (χ2v) is 8.04. The molecule has 0 amide bonds. The first kappa shape index (κ1) is 24.2. The summed E-state index contributed by atoms with van der Waals surface area (Å²) in [6, 6.07) is 13.3. The number of nitro groups is 1. The van der Waals surface area contributed by atoms with Crippen molar-refractivity contribution < 1.29 is 19.2 Å². The molecule has 0 saturated heterocycles. The molecule has 1 heterocycles. The maximum atomic E-state index is 12.2. The molecule has 7 nitrogen and oxygen atoms in total. The van der Waals surface area contributed by atoms with Crippen LogP contribution in [-0.2, 0) is 9.53 Å². The summed E-state index contributed by atoms with van der Waals surface area (Å²) in [6.45, 7) is 2.91. The predicted molar refractivity (Wildman–Crippen MR) is 128 cm³/mol. The lowest BCUT2D eigenvalue weighted by Crippen LogP contribution is -2.05. The summed E-state index contributed by atoms with van der Waals surface area (Å²) < 4.78 is 11.1. The summed E-state index contributed by atoms with van der Waals surface area (Å²) >= 11 is 0. The number of carbonyl (C=O) groups is 1. The molecule has 0 radical (unpaired) electrons. The fraction of sp³-hybridized carbons (Fsp3) is 0.385. The van der Waals surface area contributed by atoms with E-state index >= 15 is 0 Å². The molecule has 0 bridgehead atoms. The largest absolute Gasteiger partial charge is 0.494 e. The number of nitro benzene ring substituents is 1. The van der Waals surface area contributed by atoms with Gasteiger partial charge in [-0.3, -0.25) is 10.1 Å². The van der Waals surface area contributed by atoms with Gasteiger partial charge in [-0.05, 0) is 42.3 Å². The lowest BCUT2D eigenvalue weighted by atomic mass is 10.1. The molecule has 0 aromatic heterocycles. The minimum atomic E-state index is -0.591. The van der Waals surface area contributed by atoms with Gasteiger partial charge in [-0.15, -0.1) is 0 Å². The van der Waals surface area contributed by atoms with Crippen LogP contribution >= 0.6 is 0 Å². The highest BCUT2D eigenvalue weighted by atomic mass is 16.6. The van der Waals surface area contributed by atoms with Gasteiger partial charge in [0.25, 0.3) is 5.69 Å². The third-order valence-corrected chi connectivity index (χ3v) is 5.37. The quantitative estimate of drug-likeness (QED) is 0.115. The monoisotopic (exact) mass is 450 g/mol. The second-order valence-electron chi connectivity index (χ2n) is 8.04. The highest BCUT2D eigenvalue weighted by molar-refractivity contribution is 6.12. The number of ether oxygens (including phenoxy) is 2. The number of esters is 1. The zero-order valence-electron chi connectivity index (χ0n) is 19.0. The van der Waals surface area contributed by atoms with Crippen molar-refractivity contribution in [1.29, 1.82) is 0 Å². The maximum absolute atomic E-state index is 12.2. The Kier molecular flexibility index (Phi) is 9.18. The standard InChI is InChI=1S/C26H30N2O5/c1-2-3-4-5-6-7-8-9-17-32-23-15-13-21(14-16-23)25-27-24(26(29)33-25)19-20-11-10-12-22(18-20)28(30)31/h10-16,18-19H,2-9,17H2,1H3. The summed E-state index contributed by atoms with van der Waals surface area (Å²) in [4.78, 5) is 26.9. The van der Waals surface area contributed by atoms with E-state index in [4.69, 9.17) is 9.47 Å². The predicted octanol–water partition coefficient (Wildman–Crippen LogP) is 6.46. The summed E-state index contributed by atoms with van der Waals surface area (Å²) in [6.07, 6.45) is 11.5. The Morgan fingerprint density at radius 3 is 2.39 bits per heavy atom. The number of non-ortho nitro benzene ring substituents is 1. The Morgan fingerprint density at radius 1 is 1.00 bits per heavy atom. The summed E-state index contributed by atoms with van der Waals surface area (Å²) in [5.74, 6) is 0.372. The van der Waals surface area contributed by atoms with E-state index in [1.165, 1.54) is 63.2 Å². The lowest BCUT2D eigenvalue weighted by Gasteiger charge is -2.07. The number of hydrogen-bond donors (Lipinski definition) is 0. The topological polar surface area (TPSA) is 91.0 Å². The molecule has 0 N–H and O–H groups in total. The van der Waals surface area contributed by atoms with Crippen molar-refractivity contribution in [3.8, 4) is 5.75 Å². The minimum absolute atomic E-state index is 0.0533. The minimum Gasteiger partial charge on any atom is -0.494 e. The number of cyclic esters (lactones) is 1. The van der Waals surface area contributed by atoms with E-state index in [2.05, 4.69) is 11.9 Å². The molecular weight excluding hydrogens is 420 g/mol. The Hall–Kier alpha value is -3.48. The Bertz CT molecular complexity index is 1010. The van der Waals surface area contributed by atoms with Gasteiger partial charge < -0.3 is 9.47 Å². The van der Waals surface area contributed by atoms with Crippen molar-refractivity contribution in [2.45, 2.75) is 58.3 Å². The molecular formula is C26H30N2O5. The van der Waals surface area contributed by atoms with E-state index in [9.17, 15) is 14.9 Å². The molecule has 1 aliphatic heterocycles. The van der Waals surface area contributed by atoms with Crippen LogP contribution in [0.15, 0.2) is 59.2 Å². The van der Waals surface area contributed by atoms with Crippen molar-refractivity contribution in [3.63, 3.8) is 0 Å². The van der Waals surface area contributed by atoms with Crippen molar-refractivity contribution in [3.05, 3.63) is 75.5 Å². The zero-order valence-corrected chi connectivity index (χ0v) is 19.0. The van der Waals surface area contributed by atoms with Crippen LogP contribution < -0.4 is 4.74 Å². The van der Waals surface area contributed by atoms with Crippen LogP contribution in [0.1, 0.15) is 69.4 Å². The average molecular weight is 451 g/mol. The van der Waals surface area contributed by atoms with Gasteiger partial charge in [-0.1, -0.05) is 64.0 Å². The van der Waals surface area contributed by atoms with Gasteiger partial charge >= 0.3 is 5.97 Å². The zero-order chi connectivity index (χ0) is 23.5. The Balaban J connectivity index is 1.50. The number of hydrogen-bond acceptors (Lipinski definition) is 6. The molecule has 33 heavy (non-hydrogen) atoms. The van der Waals surface area contributed by atoms with Gasteiger partial charge in [-0.25, -0.2) is 9.79 Å². The highest BCUT2D eigenvalue weighted by Gasteiger charge is 2.24. The molecule has 174 valence electrons. The van der Waals surface area contributed by atoms with E-state index in [0.717, 1.165) is 12.2 Å². The number of nitrogens with zero attached hydrogens (tertiary/aromatic N) is 2. The molecule has 0 aliphatic carbocycles. The van der Waals surface area contributed by atoms with Crippen LogP contribution in [0, 0.1) is 10.1 Å². The number of benzene rings is 2. The van der Waals surface area contributed by atoms with Crippen molar-refractivity contribution in [2.24, 2.45) is 4.99 Å². The normalized spacial score (nSPS) is 14.3. The molecule has 2 aromatic rings. The number of rotatable bonds is 13. The van der Waals surface area contributed by atoms with E-state index in [0.29, 0.717) is 17.7 Å². The summed E-state index contributed by atoms with van der Waals surface area (Å²) in [5.41, 5.74) is 1.21. The van der Waals surface area contributed by atoms with Crippen LogP contribution in [0.5, 0.6) is 5.75 Å². The van der Waals surface area contributed by atoms with E-state index < -0.39 is 10.9 Å². The Labute approximate surface area is 194 Å². The third kappa shape index (κ3) is 7.56. The van der Waals surface area contributed by atoms with Crippen LogP contribution in [0.3, 0.4) is 0 Å². The molecule has 7 heteroatoms. The average Bonchev–Trinajstić information content (AvgIpc) is 3.18. The van der Waals surface area contributed by atoms with Crippen molar-refractivity contribution in [1.82, 2.24) is 0 Å². The first-order chi connectivity index (χ1) is 16.1. The first-order valence-electron chi connectivity index (χ1n) is 11.6. The molecule has 1 aliphatic rings. The van der Waals surface area contributed by atoms with Gasteiger partial charge in [0.15, 0.2) is 5.70 Å². The number of carbonyl (C=O) groups excluding carboxylic acids is 1. The van der Waals surface area contributed by atoms with Crippen molar-refractivity contribution >= 4 is 23.6 Å². The molecule has 2 aromatic carbocycles. The molecule has 0 atom stereocenters. The fourth-order valence-electron chi connectivity index (χ4n) is 3.54. The second kappa shape index (κ2) is 12.5. The van der Waals surface area contributed by atoms with Crippen LogP contribution in [0.4, 0.5) is 5.69 Å². The van der Waals surface area contributed by atoms with Gasteiger partial charge in [0.1, 0.15) is 5.75 Å². The maximum Gasteiger partial charge on any atom is 0.363 e. The van der Waals surface area contributed by atoms with Gasteiger partial charge in [0.05, 0.1) is 11.5 Å². The summed E-state index contributed by atoms with van der Waals surface area (Å²) in [7, 11) is 0. The SMILES string of the molecule is CCCCCCCCCCOc1ccc(C2=NC(=Cc3cccc([N+](=O)[O-])c3)C(=O)O2)cc1. The van der Waals surface area contributed by atoms with Crippen LogP contribution in [-0.4, -0.2) is 23.4 Å². The van der Waals surface area contributed by atoms with Crippen molar-refractivity contribution in [2.75, 3.05) is 6.61 Å². The van der Waals surface area contributed by atoms with Gasteiger partial charge in [0.2, 0.25) is 5.90 Å². The fourth-order valence-corrected chi connectivity index (χ4v) is 3.54. The van der Waals surface area contributed by atoms with E-state index in [1.54, 1.807) is 24.3 Å². The molecule has 0 saturated carbocycles. The lowest BCUT2D eigenvalue weighted by molar-refractivity contribution is -0.384. The molecule has 0 spiro atoms. The summed E-state index contributed by atoms with van der Waals surface area (Å²) in [5, 5.41) is 10.9. The van der Waals surface area contributed by atoms with Gasteiger partial charge in [-0.2, -0.15) is 0 Å². The van der Waals surface area contributed by atoms with E-state index in [-0.39, 0.29) is 17.3 Å². The third-order valence-electron chi connectivity index (χ3n) is 5.37. The number of aliphatic imine (C=N–C) groups is 1. The highest BCUT2D eigenvalue weighted by Crippen LogP contribution is 2.22. The van der Waals surface area contributed by atoms with Crippen LogP contribution in [0.25, 0.3) is 6.08 Å². The first-order valence-corrected chi connectivity index (χ1v) is 11.6. The molecule has 0 fully saturated rings. The number of unbranched alkanes of at least 4 members (excludes halogenated alkanes) is 7. The molecule has 3 rings (SSSR count).